The van der Waals surface area contributed by atoms with E-state index in [0.29, 0.717) is 17.8 Å². The van der Waals surface area contributed by atoms with Crippen LogP contribution in [-0.2, 0) is 6.54 Å². The van der Waals surface area contributed by atoms with Crippen molar-refractivity contribution in [2.45, 2.75) is 13.5 Å². The molecule has 0 aromatic carbocycles. The van der Waals surface area contributed by atoms with Crippen LogP contribution < -0.4 is 5.32 Å². The Morgan fingerprint density at radius 3 is 3.21 bits per heavy atom. The van der Waals surface area contributed by atoms with Crippen molar-refractivity contribution in [3.05, 3.63) is 47.5 Å². The molecular formula is C13H12N4O2. The van der Waals surface area contributed by atoms with Crippen molar-refractivity contribution in [2.75, 3.05) is 0 Å². The Kier molecular flexibility index (Phi) is 2.75. The van der Waals surface area contributed by atoms with Crippen LogP contribution in [0.4, 0.5) is 0 Å². The number of H-pyrrole nitrogens is 1. The molecule has 0 fully saturated rings. The van der Waals surface area contributed by atoms with Crippen molar-refractivity contribution in [2.24, 2.45) is 0 Å². The van der Waals surface area contributed by atoms with Crippen molar-refractivity contribution in [3.8, 4) is 0 Å². The number of rotatable bonds is 3. The monoisotopic (exact) mass is 256 g/mol. The van der Waals surface area contributed by atoms with Crippen LogP contribution in [0.2, 0.25) is 0 Å². The smallest absolute Gasteiger partial charge is 0.257 e. The van der Waals surface area contributed by atoms with Crippen molar-refractivity contribution >= 4 is 17.0 Å². The fourth-order valence-corrected chi connectivity index (χ4v) is 1.82. The minimum absolute atomic E-state index is 0.170. The number of aromatic nitrogens is 3. The van der Waals surface area contributed by atoms with Gasteiger partial charge in [-0.25, -0.2) is 4.98 Å². The molecule has 96 valence electrons. The van der Waals surface area contributed by atoms with Gasteiger partial charge in [0.05, 0.1) is 16.6 Å². The lowest BCUT2D eigenvalue weighted by Crippen LogP contribution is -2.22. The van der Waals surface area contributed by atoms with Gasteiger partial charge in [-0.2, -0.15) is 0 Å². The SMILES string of the molecule is Cc1noc2ncc(C(=O)NCc3cc[nH]c3)cc12. The van der Waals surface area contributed by atoms with E-state index >= 15 is 0 Å². The summed E-state index contributed by atoms with van der Waals surface area (Å²) < 4.78 is 5.01. The molecule has 0 radical (unpaired) electrons. The summed E-state index contributed by atoms with van der Waals surface area (Å²) in [5, 5.41) is 7.40. The molecule has 2 N–H and O–H groups in total. The molecule has 3 aromatic heterocycles. The number of nitrogens with zero attached hydrogens (tertiary/aromatic N) is 2. The molecule has 0 aliphatic carbocycles. The lowest BCUT2D eigenvalue weighted by Gasteiger charge is -2.03. The summed E-state index contributed by atoms with van der Waals surface area (Å²) in [7, 11) is 0. The van der Waals surface area contributed by atoms with Crippen LogP contribution in [0.15, 0.2) is 35.2 Å². The van der Waals surface area contributed by atoms with Crippen LogP contribution in [0.5, 0.6) is 0 Å². The standard InChI is InChI=1S/C13H12N4O2/c1-8-11-4-10(7-16-13(11)19-17-8)12(18)15-6-9-2-3-14-5-9/h2-5,7,14H,6H2,1H3,(H,15,18). The first-order valence-corrected chi connectivity index (χ1v) is 5.86. The third-order valence-corrected chi connectivity index (χ3v) is 2.89. The number of fused-ring (bicyclic) bond motifs is 1. The Hall–Kier alpha value is -2.63. The molecule has 3 aromatic rings. The summed E-state index contributed by atoms with van der Waals surface area (Å²) >= 11 is 0. The molecule has 0 unspecified atom stereocenters. The van der Waals surface area contributed by atoms with Crippen molar-refractivity contribution in [1.82, 2.24) is 20.4 Å². The average molecular weight is 256 g/mol. The minimum Gasteiger partial charge on any atom is -0.367 e. The molecular weight excluding hydrogens is 244 g/mol. The van der Waals surface area contributed by atoms with Crippen LogP contribution in [0.25, 0.3) is 11.1 Å². The second-order valence-electron chi connectivity index (χ2n) is 4.25. The van der Waals surface area contributed by atoms with E-state index in [2.05, 4.69) is 20.4 Å². The molecule has 3 rings (SSSR count). The Bertz CT molecular complexity index is 715. The average Bonchev–Trinajstić information content (AvgIpc) is 3.06. The number of aryl methyl sites for hydroxylation is 1. The number of hydrogen-bond acceptors (Lipinski definition) is 4. The number of carbonyl (C=O) groups is 1. The van der Waals surface area contributed by atoms with Gasteiger partial charge in [-0.15, -0.1) is 0 Å². The topological polar surface area (TPSA) is 83.8 Å². The Morgan fingerprint density at radius 1 is 1.53 bits per heavy atom. The molecule has 0 aliphatic rings. The number of pyridine rings is 1. The van der Waals surface area contributed by atoms with Gasteiger partial charge in [0, 0.05) is 25.1 Å². The Balaban J connectivity index is 1.79. The van der Waals surface area contributed by atoms with Crippen LogP contribution in [0.1, 0.15) is 21.6 Å². The molecule has 3 heterocycles. The van der Waals surface area contributed by atoms with Gasteiger partial charge < -0.3 is 14.8 Å². The van der Waals surface area contributed by atoms with Gasteiger partial charge in [0.15, 0.2) is 0 Å². The molecule has 6 nitrogen and oxygen atoms in total. The van der Waals surface area contributed by atoms with Gasteiger partial charge in [0.1, 0.15) is 0 Å². The van der Waals surface area contributed by atoms with E-state index in [0.717, 1.165) is 16.6 Å². The third-order valence-electron chi connectivity index (χ3n) is 2.89. The van der Waals surface area contributed by atoms with E-state index < -0.39 is 0 Å². The first kappa shape index (κ1) is 11.5. The molecule has 6 heteroatoms. The first-order valence-electron chi connectivity index (χ1n) is 5.86. The zero-order chi connectivity index (χ0) is 13.2. The van der Waals surface area contributed by atoms with E-state index in [4.69, 9.17) is 4.52 Å². The summed E-state index contributed by atoms with van der Waals surface area (Å²) in [4.78, 5) is 19.0. The molecule has 0 atom stereocenters. The summed E-state index contributed by atoms with van der Waals surface area (Å²) in [5.41, 5.74) is 2.68. The molecule has 1 amide bonds. The zero-order valence-electron chi connectivity index (χ0n) is 10.3. The number of amides is 1. The predicted molar refractivity (Wildman–Crippen MR) is 68.5 cm³/mol. The lowest BCUT2D eigenvalue weighted by atomic mass is 10.2. The molecule has 0 bridgehead atoms. The second kappa shape index (κ2) is 4.56. The maximum Gasteiger partial charge on any atom is 0.257 e. The normalized spacial score (nSPS) is 10.8. The molecule has 19 heavy (non-hydrogen) atoms. The number of hydrogen-bond donors (Lipinski definition) is 2. The first-order chi connectivity index (χ1) is 9.24. The number of aromatic amines is 1. The maximum atomic E-state index is 12.0. The zero-order valence-corrected chi connectivity index (χ0v) is 10.3. The van der Waals surface area contributed by atoms with Gasteiger partial charge >= 0.3 is 0 Å². The van der Waals surface area contributed by atoms with Gasteiger partial charge in [-0.1, -0.05) is 5.16 Å². The predicted octanol–water partition coefficient (Wildman–Crippen LogP) is 1.79. The fraction of sp³-hybridized carbons (Fsp3) is 0.154. The minimum atomic E-state index is -0.170. The lowest BCUT2D eigenvalue weighted by molar-refractivity contribution is 0.0950. The van der Waals surface area contributed by atoms with Crippen molar-refractivity contribution < 1.29 is 9.32 Å². The van der Waals surface area contributed by atoms with E-state index in [1.807, 2.05) is 25.4 Å². The quantitative estimate of drug-likeness (QED) is 0.748. The van der Waals surface area contributed by atoms with Crippen molar-refractivity contribution in [1.29, 1.82) is 0 Å². The van der Waals surface area contributed by atoms with E-state index in [1.165, 1.54) is 6.20 Å². The Labute approximate surface area is 108 Å². The van der Waals surface area contributed by atoms with Gasteiger partial charge in [0.2, 0.25) is 0 Å². The van der Waals surface area contributed by atoms with E-state index in [-0.39, 0.29) is 5.91 Å². The highest BCUT2D eigenvalue weighted by atomic mass is 16.5. The van der Waals surface area contributed by atoms with Gasteiger partial charge in [-0.05, 0) is 24.6 Å². The van der Waals surface area contributed by atoms with Crippen LogP contribution in [-0.4, -0.2) is 21.0 Å². The van der Waals surface area contributed by atoms with Gasteiger partial charge in [-0.3, -0.25) is 4.79 Å². The molecule has 0 saturated carbocycles. The van der Waals surface area contributed by atoms with Gasteiger partial charge in [0.25, 0.3) is 11.6 Å². The van der Waals surface area contributed by atoms with E-state index in [1.54, 1.807) is 6.07 Å². The van der Waals surface area contributed by atoms with Crippen LogP contribution in [0, 0.1) is 6.92 Å². The molecule has 0 saturated heterocycles. The van der Waals surface area contributed by atoms with Crippen LogP contribution >= 0.6 is 0 Å². The Morgan fingerprint density at radius 2 is 2.42 bits per heavy atom. The summed E-state index contributed by atoms with van der Waals surface area (Å²) in [6.07, 6.45) is 5.14. The summed E-state index contributed by atoms with van der Waals surface area (Å²) in [6, 6.07) is 3.65. The largest absolute Gasteiger partial charge is 0.367 e. The summed E-state index contributed by atoms with van der Waals surface area (Å²) in [6.45, 7) is 2.29. The maximum absolute atomic E-state index is 12.0. The fourth-order valence-electron chi connectivity index (χ4n) is 1.82. The van der Waals surface area contributed by atoms with E-state index in [9.17, 15) is 4.79 Å². The molecule has 0 spiro atoms. The third kappa shape index (κ3) is 2.20. The van der Waals surface area contributed by atoms with Crippen LogP contribution in [0.3, 0.4) is 0 Å². The highest BCUT2D eigenvalue weighted by molar-refractivity contribution is 5.96. The number of nitrogens with one attached hydrogen (secondary N) is 2. The molecule has 0 aliphatic heterocycles. The summed E-state index contributed by atoms with van der Waals surface area (Å²) in [5.74, 6) is -0.170. The second-order valence-corrected chi connectivity index (χ2v) is 4.25. The highest BCUT2D eigenvalue weighted by Gasteiger charge is 2.11. The highest BCUT2D eigenvalue weighted by Crippen LogP contribution is 2.16. The van der Waals surface area contributed by atoms with Crippen molar-refractivity contribution in [3.63, 3.8) is 0 Å². The number of carbonyl (C=O) groups excluding carboxylic acids is 1.